The second-order valence-electron chi connectivity index (χ2n) is 7.46. The maximum absolute atomic E-state index is 14.2. The van der Waals surface area contributed by atoms with Gasteiger partial charge in [-0.15, -0.1) is 0 Å². The van der Waals surface area contributed by atoms with Gasteiger partial charge in [-0.05, 0) is 82.3 Å². The molecule has 2 aliphatic rings. The summed E-state index contributed by atoms with van der Waals surface area (Å²) in [5.41, 5.74) is 4.43. The van der Waals surface area contributed by atoms with Gasteiger partial charge in [0.25, 0.3) is 0 Å². The summed E-state index contributed by atoms with van der Waals surface area (Å²) < 4.78 is 27.4. The lowest BCUT2D eigenvalue weighted by atomic mass is 9.82. The molecule has 0 heterocycles. The highest BCUT2D eigenvalue weighted by molar-refractivity contribution is 6.01. The predicted octanol–water partition coefficient (Wildman–Crippen LogP) is 4.19. The molecule has 0 N–H and O–H groups in total. The molecular weight excluding hydrogens is 354 g/mol. The summed E-state index contributed by atoms with van der Waals surface area (Å²) >= 11 is 0. The van der Waals surface area contributed by atoms with E-state index in [1.54, 1.807) is 18.2 Å². The van der Waals surface area contributed by atoms with E-state index < -0.39 is 0 Å². The zero-order chi connectivity index (χ0) is 19.3. The largest absolute Gasteiger partial charge is 0.294 e. The van der Waals surface area contributed by atoms with Gasteiger partial charge in [-0.1, -0.05) is 36.4 Å². The standard InChI is InChI=1S/C25H18F2O/c26-18-9-6-16(7-10-18)25(28)17-5-4-15-8-11-20-19-2-1-3-24(27)22(19)13-12-21(20)23(15)14-17/h1-3,6-12,14,17H,4-5,13H2. The van der Waals surface area contributed by atoms with Crippen LogP contribution in [0.1, 0.15) is 27.9 Å². The molecule has 0 saturated heterocycles. The summed E-state index contributed by atoms with van der Waals surface area (Å²) in [5, 5.41) is 2.17. The molecule has 3 aromatic rings. The van der Waals surface area contributed by atoms with Crippen LogP contribution in [0.5, 0.6) is 0 Å². The van der Waals surface area contributed by atoms with E-state index in [9.17, 15) is 13.6 Å². The van der Waals surface area contributed by atoms with Gasteiger partial charge in [0.05, 0.1) is 0 Å². The van der Waals surface area contributed by atoms with E-state index in [4.69, 9.17) is 0 Å². The number of carbonyl (C=O) groups excluding carboxylic acids is 1. The highest BCUT2D eigenvalue weighted by Crippen LogP contribution is 2.28. The first kappa shape index (κ1) is 17.1. The number of carbonyl (C=O) groups is 1. The van der Waals surface area contributed by atoms with E-state index in [0.29, 0.717) is 12.0 Å². The molecule has 5 rings (SSSR count). The Hall–Kier alpha value is -3.07. The minimum absolute atomic E-state index is 0.0190. The van der Waals surface area contributed by atoms with Gasteiger partial charge in [0.1, 0.15) is 11.6 Å². The van der Waals surface area contributed by atoms with Gasteiger partial charge < -0.3 is 0 Å². The lowest BCUT2D eigenvalue weighted by Gasteiger charge is -2.21. The smallest absolute Gasteiger partial charge is 0.169 e. The van der Waals surface area contributed by atoms with Crippen molar-refractivity contribution in [1.82, 2.24) is 0 Å². The first-order valence-electron chi connectivity index (χ1n) is 9.53. The maximum Gasteiger partial charge on any atom is 0.169 e. The highest BCUT2D eigenvalue weighted by atomic mass is 19.1. The molecule has 0 aromatic heterocycles. The van der Waals surface area contributed by atoms with Crippen molar-refractivity contribution in [3.63, 3.8) is 0 Å². The molecule has 0 radical (unpaired) electrons. The number of aryl methyl sites for hydroxylation is 1. The summed E-state index contributed by atoms with van der Waals surface area (Å²) in [6.07, 6.45) is 6.23. The van der Waals surface area contributed by atoms with Crippen molar-refractivity contribution in [2.24, 2.45) is 5.92 Å². The van der Waals surface area contributed by atoms with Crippen LogP contribution < -0.4 is 10.4 Å². The highest BCUT2D eigenvalue weighted by Gasteiger charge is 2.23. The van der Waals surface area contributed by atoms with Crippen molar-refractivity contribution in [3.05, 3.63) is 93.4 Å². The lowest BCUT2D eigenvalue weighted by molar-refractivity contribution is 0.0946. The molecule has 0 aliphatic heterocycles. The summed E-state index contributed by atoms with van der Waals surface area (Å²) in [5.74, 6) is -0.730. The molecule has 3 aromatic carbocycles. The molecule has 2 aliphatic carbocycles. The monoisotopic (exact) mass is 372 g/mol. The predicted molar refractivity (Wildman–Crippen MR) is 106 cm³/mol. The quantitative estimate of drug-likeness (QED) is 0.617. The second-order valence-corrected chi connectivity index (χ2v) is 7.46. The minimum Gasteiger partial charge on any atom is -0.294 e. The molecule has 3 heteroatoms. The fourth-order valence-electron chi connectivity index (χ4n) is 4.40. The van der Waals surface area contributed by atoms with Crippen LogP contribution in [0.4, 0.5) is 8.78 Å². The van der Waals surface area contributed by atoms with Crippen LogP contribution >= 0.6 is 0 Å². The van der Waals surface area contributed by atoms with Gasteiger partial charge in [-0.2, -0.15) is 0 Å². The number of benzene rings is 3. The first-order valence-corrected chi connectivity index (χ1v) is 9.53. The Morgan fingerprint density at radius 1 is 0.893 bits per heavy atom. The fraction of sp³-hybridized carbons (Fsp3) is 0.160. The van der Waals surface area contributed by atoms with E-state index in [2.05, 4.69) is 18.2 Å². The summed E-state index contributed by atoms with van der Waals surface area (Å²) in [4.78, 5) is 12.9. The average molecular weight is 372 g/mol. The first-order chi connectivity index (χ1) is 13.6. The lowest BCUT2D eigenvalue weighted by Crippen LogP contribution is -2.37. The molecule has 0 fully saturated rings. The normalized spacial score (nSPS) is 16.9. The van der Waals surface area contributed by atoms with Crippen molar-refractivity contribution in [2.75, 3.05) is 0 Å². The van der Waals surface area contributed by atoms with Gasteiger partial charge >= 0.3 is 0 Å². The number of rotatable bonds is 2. The van der Waals surface area contributed by atoms with Crippen LogP contribution in [-0.2, 0) is 12.8 Å². The van der Waals surface area contributed by atoms with Crippen LogP contribution in [0, 0.1) is 17.6 Å². The SMILES string of the molecule is O=C(c1ccc(F)cc1)C1C=c2c(ccc3c2=CCc2c(F)cccc2-3)CC1. The number of hydrogen-bond acceptors (Lipinski definition) is 1. The van der Waals surface area contributed by atoms with E-state index >= 15 is 0 Å². The molecule has 0 amide bonds. The molecule has 1 nitrogen and oxygen atoms in total. The van der Waals surface area contributed by atoms with Crippen molar-refractivity contribution in [2.45, 2.75) is 19.3 Å². The van der Waals surface area contributed by atoms with Crippen molar-refractivity contribution >= 4 is 17.9 Å². The van der Waals surface area contributed by atoms with Crippen LogP contribution in [0.15, 0.2) is 54.6 Å². The number of Topliss-reactive ketones (excluding diaryl/α,β-unsaturated/α-hetero) is 1. The van der Waals surface area contributed by atoms with Crippen LogP contribution in [0.2, 0.25) is 0 Å². The van der Waals surface area contributed by atoms with Gasteiger partial charge in [0.2, 0.25) is 0 Å². The summed E-state index contributed by atoms with van der Waals surface area (Å²) in [6.45, 7) is 0. The third-order valence-corrected chi connectivity index (χ3v) is 5.85. The Bertz CT molecular complexity index is 1220. The van der Waals surface area contributed by atoms with Crippen LogP contribution in [-0.4, -0.2) is 5.78 Å². The van der Waals surface area contributed by atoms with Gasteiger partial charge in [0.15, 0.2) is 5.78 Å². The Morgan fingerprint density at radius 3 is 2.54 bits per heavy atom. The minimum atomic E-state index is -0.343. The fourth-order valence-corrected chi connectivity index (χ4v) is 4.40. The summed E-state index contributed by atoms with van der Waals surface area (Å²) in [7, 11) is 0. The van der Waals surface area contributed by atoms with Gasteiger partial charge in [-0.25, -0.2) is 8.78 Å². The molecule has 0 bridgehead atoms. The van der Waals surface area contributed by atoms with E-state index in [1.807, 2.05) is 12.1 Å². The Kier molecular flexibility index (Phi) is 3.97. The van der Waals surface area contributed by atoms with E-state index in [-0.39, 0.29) is 23.3 Å². The van der Waals surface area contributed by atoms with Gasteiger partial charge in [0, 0.05) is 11.5 Å². The zero-order valence-electron chi connectivity index (χ0n) is 15.2. The summed E-state index contributed by atoms with van der Waals surface area (Å²) in [6, 6.07) is 15.1. The van der Waals surface area contributed by atoms with Gasteiger partial charge in [-0.3, -0.25) is 4.79 Å². The molecule has 1 atom stereocenters. The third kappa shape index (κ3) is 2.70. The van der Waals surface area contributed by atoms with Crippen LogP contribution in [0.25, 0.3) is 23.3 Å². The van der Waals surface area contributed by atoms with Crippen molar-refractivity contribution in [1.29, 1.82) is 0 Å². The molecular formula is C25H18F2O. The molecule has 28 heavy (non-hydrogen) atoms. The average Bonchev–Trinajstić information content (AvgIpc) is 2.73. The number of hydrogen-bond donors (Lipinski definition) is 0. The van der Waals surface area contributed by atoms with Crippen molar-refractivity contribution < 1.29 is 13.6 Å². The molecule has 1 unspecified atom stereocenters. The second kappa shape index (κ2) is 6.52. The van der Waals surface area contributed by atoms with Crippen molar-refractivity contribution in [3.8, 4) is 11.1 Å². The third-order valence-electron chi connectivity index (χ3n) is 5.85. The molecule has 0 saturated carbocycles. The van der Waals surface area contributed by atoms with E-state index in [0.717, 1.165) is 40.0 Å². The zero-order valence-corrected chi connectivity index (χ0v) is 15.2. The number of ketones is 1. The van der Waals surface area contributed by atoms with Crippen LogP contribution in [0.3, 0.4) is 0 Å². The molecule has 0 spiro atoms. The number of fused-ring (bicyclic) bond motifs is 5. The Morgan fingerprint density at radius 2 is 1.71 bits per heavy atom. The topological polar surface area (TPSA) is 17.1 Å². The Balaban J connectivity index is 1.63. The Labute approximate surface area is 161 Å². The molecule has 138 valence electrons. The van der Waals surface area contributed by atoms with E-state index in [1.165, 1.54) is 23.8 Å². The maximum atomic E-state index is 14.2. The number of halogens is 2.